The number of nitro groups is 1. The minimum absolute atomic E-state index is 0.0475. The van der Waals surface area contributed by atoms with E-state index in [2.05, 4.69) is 0 Å². The van der Waals surface area contributed by atoms with E-state index >= 15 is 0 Å². The average Bonchev–Trinajstić information content (AvgIpc) is 2.54. The summed E-state index contributed by atoms with van der Waals surface area (Å²) in [5, 5.41) is 19.8. The quantitative estimate of drug-likeness (QED) is 0.449. The zero-order chi connectivity index (χ0) is 16.7. The van der Waals surface area contributed by atoms with Gasteiger partial charge in [-0.1, -0.05) is 30.3 Å². The maximum atomic E-state index is 11.2. The molecule has 23 heavy (non-hydrogen) atoms. The Labute approximate surface area is 137 Å². The van der Waals surface area contributed by atoms with Crippen LogP contribution in [-0.4, -0.2) is 21.8 Å². The molecule has 0 aliphatic carbocycles. The van der Waals surface area contributed by atoms with Crippen LogP contribution in [0.15, 0.2) is 53.4 Å². The number of thioether (sulfide) groups is 1. The Kier molecular flexibility index (Phi) is 5.99. The van der Waals surface area contributed by atoms with Gasteiger partial charge in [-0.25, -0.2) is 0 Å². The lowest BCUT2D eigenvalue weighted by atomic mass is 10.2. The van der Waals surface area contributed by atoms with Crippen LogP contribution in [0.2, 0.25) is 0 Å². The molecule has 0 atom stereocenters. The number of aliphatic carboxylic acids is 1. The molecule has 0 unspecified atom stereocenters. The maximum Gasteiger partial charge on any atom is 0.304 e. The lowest BCUT2D eigenvalue weighted by molar-refractivity contribution is -0.387. The van der Waals surface area contributed by atoms with Crippen molar-refractivity contribution < 1.29 is 19.6 Å². The van der Waals surface area contributed by atoms with Crippen LogP contribution >= 0.6 is 11.8 Å². The highest BCUT2D eigenvalue weighted by atomic mass is 32.2. The fraction of sp³-hybridized carbons (Fsp3) is 0.188. The van der Waals surface area contributed by atoms with Crippen molar-refractivity contribution in [2.45, 2.75) is 17.9 Å². The Morgan fingerprint density at radius 1 is 1.22 bits per heavy atom. The highest BCUT2D eigenvalue weighted by Gasteiger charge is 2.16. The molecule has 0 amide bonds. The maximum absolute atomic E-state index is 11.2. The van der Waals surface area contributed by atoms with Crippen LogP contribution in [0.3, 0.4) is 0 Å². The SMILES string of the molecule is O=C(O)CCSc1ccc(OCc2ccccc2)cc1[N+](=O)[O-]. The summed E-state index contributed by atoms with van der Waals surface area (Å²) in [4.78, 5) is 21.6. The van der Waals surface area contributed by atoms with Crippen molar-refractivity contribution >= 4 is 23.4 Å². The Bertz CT molecular complexity index is 690. The number of nitro benzene ring substituents is 1. The van der Waals surface area contributed by atoms with Gasteiger partial charge >= 0.3 is 5.97 Å². The molecule has 0 radical (unpaired) electrons. The molecule has 2 rings (SSSR count). The van der Waals surface area contributed by atoms with Crippen molar-refractivity contribution in [3.63, 3.8) is 0 Å². The predicted octanol–water partition coefficient (Wildman–Crippen LogP) is 3.74. The van der Waals surface area contributed by atoms with Gasteiger partial charge in [-0.2, -0.15) is 0 Å². The summed E-state index contributed by atoms with van der Waals surface area (Å²) in [5.41, 5.74) is 0.890. The standard InChI is InChI=1S/C16H15NO5S/c18-16(19)8-9-23-15-7-6-13(10-14(15)17(20)21)22-11-12-4-2-1-3-5-12/h1-7,10H,8-9,11H2,(H,18,19). The van der Waals surface area contributed by atoms with E-state index in [1.165, 1.54) is 6.07 Å². The Morgan fingerprint density at radius 2 is 1.96 bits per heavy atom. The van der Waals surface area contributed by atoms with Gasteiger partial charge in [0.2, 0.25) is 0 Å². The van der Waals surface area contributed by atoms with Crippen LogP contribution in [0.5, 0.6) is 5.75 Å². The monoisotopic (exact) mass is 333 g/mol. The van der Waals surface area contributed by atoms with E-state index < -0.39 is 10.9 Å². The fourth-order valence-corrected chi connectivity index (χ4v) is 2.78. The average molecular weight is 333 g/mol. The number of benzene rings is 2. The molecule has 0 aromatic heterocycles. The van der Waals surface area contributed by atoms with Gasteiger partial charge in [-0.3, -0.25) is 14.9 Å². The van der Waals surface area contributed by atoms with Gasteiger partial charge in [0.05, 0.1) is 22.3 Å². The molecule has 1 N–H and O–H groups in total. The van der Waals surface area contributed by atoms with Crippen LogP contribution in [0.25, 0.3) is 0 Å². The van der Waals surface area contributed by atoms with Crippen molar-refractivity contribution in [1.82, 2.24) is 0 Å². The third kappa shape index (κ3) is 5.30. The van der Waals surface area contributed by atoms with Crippen LogP contribution in [0, 0.1) is 10.1 Å². The molecule has 2 aromatic carbocycles. The first-order valence-electron chi connectivity index (χ1n) is 6.86. The summed E-state index contributed by atoms with van der Waals surface area (Å²) in [7, 11) is 0. The number of carboxylic acids is 1. The Morgan fingerprint density at radius 3 is 2.61 bits per heavy atom. The number of ether oxygens (including phenoxy) is 1. The minimum atomic E-state index is -0.928. The smallest absolute Gasteiger partial charge is 0.304 e. The summed E-state index contributed by atoms with van der Waals surface area (Å²) in [6, 6.07) is 14.1. The van der Waals surface area contributed by atoms with Gasteiger partial charge in [0.25, 0.3) is 5.69 Å². The van der Waals surface area contributed by atoms with E-state index in [0.29, 0.717) is 17.3 Å². The van der Waals surface area contributed by atoms with Crippen molar-refractivity contribution in [1.29, 1.82) is 0 Å². The van der Waals surface area contributed by atoms with Gasteiger partial charge in [0, 0.05) is 5.75 Å². The molecule has 0 aliphatic heterocycles. The summed E-state index contributed by atoms with van der Waals surface area (Å²) in [5.74, 6) is -0.244. The molecule has 120 valence electrons. The first kappa shape index (κ1) is 16.8. The van der Waals surface area contributed by atoms with E-state index in [4.69, 9.17) is 9.84 Å². The van der Waals surface area contributed by atoms with E-state index in [-0.39, 0.29) is 17.9 Å². The lowest BCUT2D eigenvalue weighted by Crippen LogP contribution is -1.99. The lowest BCUT2D eigenvalue weighted by Gasteiger charge is -2.08. The van der Waals surface area contributed by atoms with E-state index in [1.807, 2.05) is 30.3 Å². The molecular formula is C16H15NO5S. The van der Waals surface area contributed by atoms with E-state index in [9.17, 15) is 14.9 Å². The number of carboxylic acid groups (broad SMARTS) is 1. The molecule has 7 heteroatoms. The molecule has 0 saturated heterocycles. The first-order valence-corrected chi connectivity index (χ1v) is 7.84. The van der Waals surface area contributed by atoms with Gasteiger partial charge in [0.1, 0.15) is 12.4 Å². The minimum Gasteiger partial charge on any atom is -0.489 e. The molecule has 0 spiro atoms. The highest BCUT2D eigenvalue weighted by Crippen LogP contribution is 2.33. The number of hydrogen-bond acceptors (Lipinski definition) is 5. The van der Waals surface area contributed by atoms with Crippen LogP contribution in [0.1, 0.15) is 12.0 Å². The second-order valence-electron chi connectivity index (χ2n) is 4.65. The number of hydrogen-bond donors (Lipinski definition) is 1. The van der Waals surface area contributed by atoms with Gasteiger partial charge < -0.3 is 9.84 Å². The second kappa shape index (κ2) is 8.19. The van der Waals surface area contributed by atoms with Crippen LogP contribution in [0.4, 0.5) is 5.69 Å². The number of nitrogens with zero attached hydrogens (tertiary/aromatic N) is 1. The zero-order valence-electron chi connectivity index (χ0n) is 12.2. The van der Waals surface area contributed by atoms with Crippen LogP contribution < -0.4 is 4.74 Å². The predicted molar refractivity (Wildman–Crippen MR) is 86.8 cm³/mol. The van der Waals surface area contributed by atoms with Gasteiger partial charge in [-0.05, 0) is 17.7 Å². The summed E-state index contributed by atoms with van der Waals surface area (Å²) >= 11 is 1.15. The largest absolute Gasteiger partial charge is 0.489 e. The molecule has 0 saturated carbocycles. The number of rotatable bonds is 8. The van der Waals surface area contributed by atoms with Gasteiger partial charge in [-0.15, -0.1) is 11.8 Å². The second-order valence-corrected chi connectivity index (χ2v) is 5.79. The third-order valence-corrected chi connectivity index (χ3v) is 4.01. The Hall–Kier alpha value is -2.54. The molecule has 0 fully saturated rings. The van der Waals surface area contributed by atoms with Crippen molar-refractivity contribution in [3.8, 4) is 5.75 Å². The van der Waals surface area contributed by atoms with Gasteiger partial charge in [0.15, 0.2) is 0 Å². The summed E-state index contributed by atoms with van der Waals surface area (Å²) < 4.78 is 5.57. The van der Waals surface area contributed by atoms with Crippen molar-refractivity contribution in [2.75, 3.05) is 5.75 Å². The third-order valence-electron chi connectivity index (χ3n) is 2.95. The first-order chi connectivity index (χ1) is 11.1. The normalized spacial score (nSPS) is 10.3. The van der Waals surface area contributed by atoms with Crippen molar-refractivity contribution in [3.05, 3.63) is 64.2 Å². The molecule has 0 aliphatic rings. The highest BCUT2D eigenvalue weighted by molar-refractivity contribution is 7.99. The number of carbonyl (C=O) groups is 1. The van der Waals surface area contributed by atoms with Crippen molar-refractivity contribution in [2.24, 2.45) is 0 Å². The molecule has 0 bridgehead atoms. The summed E-state index contributed by atoms with van der Waals surface area (Å²) in [6.45, 7) is 0.323. The molecule has 6 nitrogen and oxygen atoms in total. The van der Waals surface area contributed by atoms with Crippen LogP contribution in [-0.2, 0) is 11.4 Å². The Balaban J connectivity index is 2.06. The molecule has 0 heterocycles. The topological polar surface area (TPSA) is 89.7 Å². The van der Waals surface area contributed by atoms with E-state index in [1.54, 1.807) is 12.1 Å². The molecular weight excluding hydrogens is 318 g/mol. The zero-order valence-corrected chi connectivity index (χ0v) is 13.0. The summed E-state index contributed by atoms with van der Waals surface area (Å²) in [6.07, 6.45) is -0.0475. The van der Waals surface area contributed by atoms with E-state index in [0.717, 1.165) is 17.3 Å². The molecule has 2 aromatic rings. The fourth-order valence-electron chi connectivity index (χ4n) is 1.84.